The molecule has 2 aromatic rings. The van der Waals surface area contributed by atoms with E-state index >= 15 is 0 Å². The molecule has 0 aliphatic rings. The molecule has 1 heterocycles. The monoisotopic (exact) mass is 272 g/mol. The second-order valence-corrected chi connectivity index (χ2v) is 5.15. The molecule has 0 aliphatic carbocycles. The van der Waals surface area contributed by atoms with Crippen molar-refractivity contribution >= 4 is 11.6 Å². The topological polar surface area (TPSA) is 64.2 Å². The van der Waals surface area contributed by atoms with Crippen LogP contribution in [0.2, 0.25) is 0 Å². The molecule has 0 unspecified atom stereocenters. The Balaban J connectivity index is 2.24. The standard InChI is InChI=1S/C15H20N4O/c1-11(2)19(8-12-6-4-5-7-13(12)16)15(20)14-9-18(3)10-17-14/h4-7,9-11H,8,16H2,1-3H3. The molecule has 0 radical (unpaired) electrons. The second kappa shape index (κ2) is 5.77. The van der Waals surface area contributed by atoms with Crippen LogP contribution in [0, 0.1) is 0 Å². The number of aromatic nitrogens is 2. The molecule has 5 heteroatoms. The third-order valence-electron chi connectivity index (χ3n) is 3.20. The average molecular weight is 272 g/mol. The zero-order chi connectivity index (χ0) is 14.7. The highest BCUT2D eigenvalue weighted by molar-refractivity contribution is 5.92. The fourth-order valence-corrected chi connectivity index (χ4v) is 2.02. The third kappa shape index (κ3) is 2.99. The summed E-state index contributed by atoms with van der Waals surface area (Å²) in [6.45, 7) is 4.46. The molecule has 0 bridgehead atoms. The largest absolute Gasteiger partial charge is 0.398 e. The zero-order valence-corrected chi connectivity index (χ0v) is 12.1. The van der Waals surface area contributed by atoms with Gasteiger partial charge in [0.1, 0.15) is 5.69 Å². The molecule has 0 saturated carbocycles. The first-order valence-corrected chi connectivity index (χ1v) is 6.61. The first-order valence-electron chi connectivity index (χ1n) is 6.61. The van der Waals surface area contributed by atoms with Crippen molar-refractivity contribution in [2.24, 2.45) is 7.05 Å². The number of nitrogen functional groups attached to an aromatic ring is 1. The van der Waals surface area contributed by atoms with Crippen LogP contribution in [0.4, 0.5) is 5.69 Å². The molecular formula is C15H20N4O. The van der Waals surface area contributed by atoms with Gasteiger partial charge in [-0.25, -0.2) is 4.98 Å². The maximum atomic E-state index is 12.5. The predicted octanol–water partition coefficient (Wildman–Crippen LogP) is 2.05. The van der Waals surface area contributed by atoms with Crippen LogP contribution in [0.25, 0.3) is 0 Å². The van der Waals surface area contributed by atoms with E-state index in [1.165, 1.54) is 0 Å². The minimum atomic E-state index is -0.0798. The van der Waals surface area contributed by atoms with Gasteiger partial charge in [-0.15, -0.1) is 0 Å². The van der Waals surface area contributed by atoms with E-state index in [4.69, 9.17) is 5.73 Å². The Morgan fingerprint density at radius 3 is 2.65 bits per heavy atom. The van der Waals surface area contributed by atoms with Crippen molar-refractivity contribution in [1.82, 2.24) is 14.5 Å². The van der Waals surface area contributed by atoms with Gasteiger partial charge in [-0.1, -0.05) is 18.2 Å². The van der Waals surface area contributed by atoms with Gasteiger partial charge in [0.25, 0.3) is 5.91 Å². The van der Waals surface area contributed by atoms with E-state index in [0.29, 0.717) is 17.9 Å². The van der Waals surface area contributed by atoms with Gasteiger partial charge >= 0.3 is 0 Å². The molecule has 0 atom stereocenters. The van der Waals surface area contributed by atoms with Gasteiger partial charge in [0.15, 0.2) is 0 Å². The number of nitrogens with zero attached hydrogens (tertiary/aromatic N) is 3. The molecule has 5 nitrogen and oxygen atoms in total. The summed E-state index contributed by atoms with van der Waals surface area (Å²) in [5, 5.41) is 0. The number of hydrogen-bond donors (Lipinski definition) is 1. The molecule has 1 aromatic carbocycles. The van der Waals surface area contributed by atoms with Gasteiger partial charge in [-0.05, 0) is 25.5 Å². The minimum Gasteiger partial charge on any atom is -0.398 e. The lowest BCUT2D eigenvalue weighted by Gasteiger charge is -2.26. The molecule has 0 saturated heterocycles. The Morgan fingerprint density at radius 1 is 1.40 bits per heavy atom. The van der Waals surface area contributed by atoms with Crippen molar-refractivity contribution in [2.45, 2.75) is 26.4 Å². The average Bonchev–Trinajstić information content (AvgIpc) is 2.83. The number of carbonyl (C=O) groups excluding carboxylic acids is 1. The summed E-state index contributed by atoms with van der Waals surface area (Å²) in [4.78, 5) is 18.4. The SMILES string of the molecule is CC(C)N(Cc1ccccc1N)C(=O)c1cn(C)cn1. The Hall–Kier alpha value is -2.30. The normalized spacial score (nSPS) is 10.8. The summed E-state index contributed by atoms with van der Waals surface area (Å²) in [7, 11) is 1.85. The quantitative estimate of drug-likeness (QED) is 0.866. The van der Waals surface area contributed by atoms with E-state index in [2.05, 4.69) is 4.98 Å². The molecule has 2 N–H and O–H groups in total. The van der Waals surface area contributed by atoms with E-state index in [1.807, 2.05) is 45.2 Å². The number of aryl methyl sites for hydroxylation is 1. The highest BCUT2D eigenvalue weighted by atomic mass is 16.2. The second-order valence-electron chi connectivity index (χ2n) is 5.15. The maximum Gasteiger partial charge on any atom is 0.274 e. The number of imidazole rings is 1. The van der Waals surface area contributed by atoms with Crippen LogP contribution in [0.1, 0.15) is 29.9 Å². The highest BCUT2D eigenvalue weighted by Gasteiger charge is 2.21. The van der Waals surface area contributed by atoms with Crippen LogP contribution in [0.3, 0.4) is 0 Å². The Morgan fingerprint density at radius 2 is 2.10 bits per heavy atom. The van der Waals surface area contributed by atoms with Crippen molar-refractivity contribution in [3.05, 3.63) is 48.0 Å². The summed E-state index contributed by atoms with van der Waals surface area (Å²) in [6.07, 6.45) is 3.36. The maximum absolute atomic E-state index is 12.5. The number of para-hydroxylation sites is 1. The van der Waals surface area contributed by atoms with Gasteiger partial charge in [0, 0.05) is 31.5 Å². The number of rotatable bonds is 4. The predicted molar refractivity (Wildman–Crippen MR) is 79.1 cm³/mol. The zero-order valence-electron chi connectivity index (χ0n) is 12.1. The highest BCUT2D eigenvalue weighted by Crippen LogP contribution is 2.17. The fourth-order valence-electron chi connectivity index (χ4n) is 2.02. The van der Waals surface area contributed by atoms with Crippen molar-refractivity contribution in [2.75, 3.05) is 5.73 Å². The molecule has 0 aliphatic heterocycles. The van der Waals surface area contributed by atoms with Crippen LogP contribution in [-0.4, -0.2) is 26.4 Å². The number of carbonyl (C=O) groups is 1. The Labute approximate surface area is 119 Å². The molecule has 1 aromatic heterocycles. The molecule has 2 rings (SSSR count). The lowest BCUT2D eigenvalue weighted by Crippen LogP contribution is -2.36. The third-order valence-corrected chi connectivity index (χ3v) is 3.20. The van der Waals surface area contributed by atoms with E-state index in [-0.39, 0.29) is 11.9 Å². The molecule has 0 spiro atoms. The fraction of sp³-hybridized carbons (Fsp3) is 0.333. The molecule has 20 heavy (non-hydrogen) atoms. The van der Waals surface area contributed by atoms with Crippen LogP contribution in [-0.2, 0) is 13.6 Å². The van der Waals surface area contributed by atoms with Crippen molar-refractivity contribution in [3.8, 4) is 0 Å². The van der Waals surface area contributed by atoms with E-state index < -0.39 is 0 Å². The van der Waals surface area contributed by atoms with Crippen LogP contribution >= 0.6 is 0 Å². The molecule has 1 amide bonds. The van der Waals surface area contributed by atoms with Gasteiger partial charge in [0.05, 0.1) is 6.33 Å². The smallest absolute Gasteiger partial charge is 0.274 e. The number of amides is 1. The summed E-state index contributed by atoms with van der Waals surface area (Å²) in [5.74, 6) is -0.0798. The van der Waals surface area contributed by atoms with Gasteiger partial charge in [0.2, 0.25) is 0 Å². The van der Waals surface area contributed by atoms with Crippen molar-refractivity contribution < 1.29 is 4.79 Å². The Kier molecular flexibility index (Phi) is 4.08. The van der Waals surface area contributed by atoms with Crippen LogP contribution < -0.4 is 5.73 Å². The van der Waals surface area contributed by atoms with Crippen molar-refractivity contribution in [3.63, 3.8) is 0 Å². The summed E-state index contributed by atoms with van der Waals surface area (Å²) >= 11 is 0. The van der Waals surface area contributed by atoms with Gasteiger partial charge < -0.3 is 15.2 Å². The first kappa shape index (κ1) is 14.1. The molecule has 106 valence electrons. The van der Waals surface area contributed by atoms with Crippen LogP contribution in [0.5, 0.6) is 0 Å². The van der Waals surface area contributed by atoms with E-state index in [1.54, 1.807) is 22.0 Å². The van der Waals surface area contributed by atoms with E-state index in [0.717, 1.165) is 5.56 Å². The molecule has 0 fully saturated rings. The number of hydrogen-bond acceptors (Lipinski definition) is 3. The summed E-state index contributed by atoms with van der Waals surface area (Å²) in [6, 6.07) is 7.67. The summed E-state index contributed by atoms with van der Waals surface area (Å²) in [5.41, 5.74) is 8.06. The lowest BCUT2D eigenvalue weighted by molar-refractivity contribution is 0.0685. The first-order chi connectivity index (χ1) is 9.49. The summed E-state index contributed by atoms with van der Waals surface area (Å²) < 4.78 is 1.77. The van der Waals surface area contributed by atoms with E-state index in [9.17, 15) is 4.79 Å². The van der Waals surface area contributed by atoms with Crippen molar-refractivity contribution in [1.29, 1.82) is 0 Å². The lowest BCUT2D eigenvalue weighted by atomic mass is 10.1. The minimum absolute atomic E-state index is 0.0733. The Bertz CT molecular complexity index is 603. The number of nitrogens with two attached hydrogens (primary N) is 1. The number of benzene rings is 1. The van der Waals surface area contributed by atoms with Crippen LogP contribution in [0.15, 0.2) is 36.8 Å². The van der Waals surface area contributed by atoms with Gasteiger partial charge in [-0.2, -0.15) is 0 Å². The molecular weight excluding hydrogens is 252 g/mol. The number of anilines is 1. The van der Waals surface area contributed by atoms with Gasteiger partial charge in [-0.3, -0.25) is 4.79 Å².